The number of carbonyl (C=O) groups is 3. The number of likely N-dealkylation sites (N-methyl/N-ethyl adjacent to an activating group) is 2. The van der Waals surface area contributed by atoms with Gasteiger partial charge in [0.15, 0.2) is 12.3 Å². The van der Waals surface area contributed by atoms with Crippen molar-refractivity contribution in [2.24, 2.45) is 10.1 Å². The lowest BCUT2D eigenvalue weighted by molar-refractivity contribution is -0.527. The third-order valence-electron chi connectivity index (χ3n) is 4.85. The number of rotatable bonds is 3. The lowest BCUT2D eigenvalue weighted by atomic mass is 10.1. The second kappa shape index (κ2) is 6.32. The van der Waals surface area contributed by atoms with Gasteiger partial charge < -0.3 is 0 Å². The number of carbonyl (C=O) groups excluding carboxylic acids is 3. The molecule has 9 nitrogen and oxygen atoms in total. The van der Waals surface area contributed by atoms with Crippen LogP contribution in [0.4, 0.5) is 9.18 Å². The molecule has 1 saturated heterocycles. The van der Waals surface area contributed by atoms with Crippen molar-refractivity contribution in [1.29, 1.82) is 0 Å². The Hall–Kier alpha value is -3.43. The number of Topliss-reactive ketones (excluding diaryl/α,β-unsaturated/α-hetero) is 1. The lowest BCUT2D eigenvalue weighted by Crippen LogP contribution is -2.62. The minimum Gasteiger partial charge on any atom is -0.296 e. The Morgan fingerprint density at radius 1 is 1.21 bits per heavy atom. The van der Waals surface area contributed by atoms with Crippen LogP contribution in [0.15, 0.2) is 34.4 Å². The Morgan fingerprint density at radius 3 is 2.54 bits per heavy atom. The fraction of sp³-hybridized carbons (Fsp3) is 0.333. The molecule has 0 spiro atoms. The summed E-state index contributed by atoms with van der Waals surface area (Å²) in [5.41, 5.74) is 1.24. The highest BCUT2D eigenvalue weighted by Gasteiger charge is 2.54. The van der Waals surface area contributed by atoms with Gasteiger partial charge in [-0.3, -0.25) is 19.4 Å². The lowest BCUT2D eigenvalue weighted by Gasteiger charge is -2.32. The van der Waals surface area contributed by atoms with Crippen LogP contribution in [-0.2, 0) is 9.59 Å². The third kappa shape index (κ3) is 2.68. The molecule has 4 rings (SSSR count). The molecule has 1 aromatic carbocycles. The van der Waals surface area contributed by atoms with Crippen molar-refractivity contribution < 1.29 is 23.3 Å². The van der Waals surface area contributed by atoms with Gasteiger partial charge in [-0.1, -0.05) is 17.1 Å². The zero-order valence-corrected chi connectivity index (χ0v) is 15.6. The van der Waals surface area contributed by atoms with Crippen LogP contribution in [0, 0.1) is 5.82 Å². The van der Waals surface area contributed by atoms with Gasteiger partial charge in [0, 0.05) is 19.7 Å². The van der Waals surface area contributed by atoms with E-state index < -0.39 is 18.0 Å². The average Bonchev–Trinajstić information content (AvgIpc) is 3.05. The quantitative estimate of drug-likeness (QED) is 0.691. The van der Waals surface area contributed by atoms with Crippen LogP contribution in [0.2, 0.25) is 0 Å². The van der Waals surface area contributed by atoms with Crippen LogP contribution in [0.1, 0.15) is 12.5 Å². The normalized spacial score (nSPS) is 21.6. The molecule has 1 unspecified atom stereocenters. The number of fused-ring (bicyclic) bond motifs is 2. The molecule has 3 heterocycles. The number of hydrogen-bond acceptors (Lipinski definition) is 6. The van der Waals surface area contributed by atoms with E-state index in [4.69, 9.17) is 0 Å². The zero-order chi connectivity index (χ0) is 20.2. The number of guanidine groups is 1. The fourth-order valence-electron chi connectivity index (χ4n) is 3.45. The van der Waals surface area contributed by atoms with E-state index in [1.807, 2.05) is 0 Å². The van der Waals surface area contributed by atoms with Gasteiger partial charge >= 0.3 is 12.0 Å². The standard InChI is InChI=1S/C18H18FN6O3/c1-10(26)8-25-17-20-15-14(16(27)23(3)18(28)22(15)2)24(17)9-13(21-25)11-4-6-12(19)7-5-11/h4-7,14H,8-9H2,1-3H3/q+1. The van der Waals surface area contributed by atoms with Crippen LogP contribution >= 0.6 is 0 Å². The van der Waals surface area contributed by atoms with Crippen molar-refractivity contribution in [3.05, 3.63) is 35.6 Å². The molecule has 0 N–H and O–H groups in total. The van der Waals surface area contributed by atoms with E-state index in [1.54, 1.807) is 23.8 Å². The first-order valence-corrected chi connectivity index (χ1v) is 8.65. The maximum Gasteiger partial charge on any atom is 0.417 e. The van der Waals surface area contributed by atoms with Gasteiger partial charge in [-0.2, -0.15) is 0 Å². The number of urea groups is 1. The number of halogens is 1. The topological polar surface area (TPSA) is 88.7 Å². The SMILES string of the molecule is CC(=O)CN1N=C(c2ccc(F)cc2)C[N+]2=C1N=C1C2C(=O)N(C)C(=O)N1C. The second-order valence-corrected chi connectivity index (χ2v) is 6.85. The van der Waals surface area contributed by atoms with Crippen LogP contribution in [0.3, 0.4) is 0 Å². The highest BCUT2D eigenvalue weighted by atomic mass is 19.1. The Bertz CT molecular complexity index is 997. The molecule has 0 bridgehead atoms. The maximum absolute atomic E-state index is 13.3. The zero-order valence-electron chi connectivity index (χ0n) is 15.6. The van der Waals surface area contributed by atoms with E-state index in [2.05, 4.69) is 10.1 Å². The molecule has 28 heavy (non-hydrogen) atoms. The molecule has 1 aromatic rings. The summed E-state index contributed by atoms with van der Waals surface area (Å²) in [5.74, 6) is -0.278. The second-order valence-electron chi connectivity index (χ2n) is 6.85. The summed E-state index contributed by atoms with van der Waals surface area (Å²) in [6.07, 6.45) is 0. The molecule has 3 amide bonds. The Kier molecular flexibility index (Phi) is 4.06. The first-order valence-electron chi connectivity index (χ1n) is 8.65. The molecule has 144 valence electrons. The number of amidine groups is 1. The summed E-state index contributed by atoms with van der Waals surface area (Å²) < 4.78 is 15.0. The van der Waals surface area contributed by atoms with E-state index in [0.29, 0.717) is 23.1 Å². The van der Waals surface area contributed by atoms with Gasteiger partial charge in [0.2, 0.25) is 11.9 Å². The third-order valence-corrected chi connectivity index (χ3v) is 4.85. The van der Waals surface area contributed by atoms with E-state index in [0.717, 1.165) is 4.90 Å². The number of aliphatic imine (C=N–C) groups is 1. The number of hydrazone groups is 1. The number of hydrogen-bond donors (Lipinski definition) is 0. The van der Waals surface area contributed by atoms with Crippen molar-refractivity contribution >= 4 is 35.2 Å². The highest BCUT2D eigenvalue weighted by Crippen LogP contribution is 2.23. The summed E-state index contributed by atoms with van der Waals surface area (Å²) in [6, 6.07) is 4.57. The predicted molar refractivity (Wildman–Crippen MR) is 97.6 cm³/mol. The van der Waals surface area contributed by atoms with E-state index in [-0.39, 0.29) is 24.7 Å². The predicted octanol–water partition coefficient (Wildman–Crippen LogP) is 0.107. The largest absolute Gasteiger partial charge is 0.417 e. The average molecular weight is 385 g/mol. The van der Waals surface area contributed by atoms with Gasteiger partial charge in [0.05, 0.1) is 0 Å². The number of nitrogens with zero attached hydrogens (tertiary/aromatic N) is 6. The van der Waals surface area contributed by atoms with Gasteiger partial charge in [-0.25, -0.2) is 13.8 Å². The number of ketones is 1. The molecule has 3 aliphatic rings. The molecule has 0 aromatic heterocycles. The van der Waals surface area contributed by atoms with Crippen molar-refractivity contribution in [3.63, 3.8) is 0 Å². The van der Waals surface area contributed by atoms with E-state index in [1.165, 1.54) is 36.0 Å². The molecule has 0 radical (unpaired) electrons. The molecule has 0 aliphatic carbocycles. The van der Waals surface area contributed by atoms with Gasteiger partial charge in [-0.05, 0) is 19.1 Å². The molecular formula is C18H18FN6O3+. The van der Waals surface area contributed by atoms with Crippen molar-refractivity contribution in [1.82, 2.24) is 14.8 Å². The van der Waals surface area contributed by atoms with Crippen molar-refractivity contribution in [2.45, 2.75) is 13.0 Å². The minimum absolute atomic E-state index is 0.0400. The molecule has 0 saturated carbocycles. The van der Waals surface area contributed by atoms with Crippen LogP contribution in [0.25, 0.3) is 0 Å². The maximum atomic E-state index is 13.3. The first-order chi connectivity index (χ1) is 13.3. The number of imide groups is 1. The Labute approximate surface area is 160 Å². The summed E-state index contributed by atoms with van der Waals surface area (Å²) >= 11 is 0. The van der Waals surface area contributed by atoms with Crippen molar-refractivity contribution in [2.75, 3.05) is 27.2 Å². The molecule has 1 fully saturated rings. The van der Waals surface area contributed by atoms with Gasteiger partial charge in [0.1, 0.15) is 18.1 Å². The van der Waals surface area contributed by atoms with Crippen molar-refractivity contribution in [3.8, 4) is 0 Å². The van der Waals surface area contributed by atoms with Gasteiger partial charge in [0.25, 0.3) is 5.91 Å². The molecule has 1 atom stereocenters. The minimum atomic E-state index is -0.789. The highest BCUT2D eigenvalue weighted by molar-refractivity contribution is 6.23. The molecule has 3 aliphatic heterocycles. The van der Waals surface area contributed by atoms with Crippen LogP contribution < -0.4 is 0 Å². The smallest absolute Gasteiger partial charge is 0.296 e. The first kappa shape index (κ1) is 18.0. The number of amides is 3. The summed E-state index contributed by atoms with van der Waals surface area (Å²) in [4.78, 5) is 43.6. The monoisotopic (exact) mass is 385 g/mol. The van der Waals surface area contributed by atoms with Gasteiger partial charge in [-0.15, -0.1) is 10.1 Å². The molecule has 10 heteroatoms. The van der Waals surface area contributed by atoms with Crippen LogP contribution in [0.5, 0.6) is 0 Å². The Morgan fingerprint density at radius 2 is 1.89 bits per heavy atom. The summed E-state index contributed by atoms with van der Waals surface area (Å²) in [5, 5.41) is 5.92. The Balaban J connectivity index is 1.77. The fourth-order valence-corrected chi connectivity index (χ4v) is 3.45. The van der Waals surface area contributed by atoms with E-state index in [9.17, 15) is 18.8 Å². The number of benzene rings is 1. The molecular weight excluding hydrogens is 367 g/mol. The van der Waals surface area contributed by atoms with Crippen LogP contribution in [-0.4, -0.2) is 87.8 Å². The summed E-state index contributed by atoms with van der Waals surface area (Å²) in [6.45, 7) is 1.62. The van der Waals surface area contributed by atoms with E-state index >= 15 is 0 Å². The summed E-state index contributed by atoms with van der Waals surface area (Å²) in [7, 11) is 2.97.